The number of rotatable bonds is 5. The molecule has 0 spiro atoms. The molecule has 0 atom stereocenters. The number of aryl methyl sites for hydroxylation is 1. The number of ether oxygens (including phenoxy) is 1. The fraction of sp³-hybridized carbons (Fsp3) is 0.267. The molecule has 22 heavy (non-hydrogen) atoms. The second kappa shape index (κ2) is 6.95. The molecule has 2 rings (SSSR count). The molecule has 116 valence electrons. The van der Waals surface area contributed by atoms with Gasteiger partial charge in [-0.15, -0.1) is 0 Å². The molecule has 6 nitrogen and oxygen atoms in total. The van der Waals surface area contributed by atoms with E-state index >= 15 is 0 Å². The summed E-state index contributed by atoms with van der Waals surface area (Å²) in [7, 11) is 1.51. The maximum atomic E-state index is 13.9. The Hall–Kier alpha value is -2.54. The molecule has 0 aliphatic rings. The quantitative estimate of drug-likeness (QED) is 0.815. The molecule has 7 heteroatoms. The summed E-state index contributed by atoms with van der Waals surface area (Å²) in [5, 5.41) is 2.58. The Balaban J connectivity index is 2.36. The molecule has 2 N–H and O–H groups in total. The standard InChI is InChI=1S/C15H16FN3O3/c1-9-3-4-11(16)10(7-9)12-8-13(19-15(21)18-12)14(20)17-5-6-22-2/h3-4,7-8H,5-6H2,1-2H3,(H,17,20)(H,18,19,21). The van der Waals surface area contributed by atoms with Gasteiger partial charge in [0.05, 0.1) is 12.3 Å². The summed E-state index contributed by atoms with van der Waals surface area (Å²) in [6.45, 7) is 2.45. The van der Waals surface area contributed by atoms with Crippen LogP contribution in [-0.4, -0.2) is 36.1 Å². The number of benzene rings is 1. The smallest absolute Gasteiger partial charge is 0.346 e. The third-order valence-corrected chi connectivity index (χ3v) is 2.98. The van der Waals surface area contributed by atoms with Crippen LogP contribution in [0, 0.1) is 12.7 Å². The number of methoxy groups -OCH3 is 1. The predicted octanol–water partition coefficient (Wildman–Crippen LogP) is 1.26. The second-order valence-corrected chi connectivity index (χ2v) is 4.72. The van der Waals surface area contributed by atoms with E-state index in [-0.39, 0.29) is 17.0 Å². The van der Waals surface area contributed by atoms with Crippen LogP contribution < -0.4 is 11.0 Å². The summed E-state index contributed by atoms with van der Waals surface area (Å²) in [4.78, 5) is 29.6. The highest BCUT2D eigenvalue weighted by molar-refractivity contribution is 5.93. The number of hydrogen-bond acceptors (Lipinski definition) is 4. The van der Waals surface area contributed by atoms with Gasteiger partial charge >= 0.3 is 5.69 Å². The molecule has 0 aliphatic carbocycles. The Morgan fingerprint density at radius 2 is 2.18 bits per heavy atom. The Labute approximate surface area is 126 Å². The molecule has 0 saturated carbocycles. The molecule has 0 fully saturated rings. The lowest BCUT2D eigenvalue weighted by Crippen LogP contribution is -2.30. The van der Waals surface area contributed by atoms with Crippen molar-refractivity contribution in [3.63, 3.8) is 0 Å². The normalized spacial score (nSPS) is 10.5. The third-order valence-electron chi connectivity index (χ3n) is 2.98. The zero-order valence-electron chi connectivity index (χ0n) is 12.3. The third kappa shape index (κ3) is 3.76. The summed E-state index contributed by atoms with van der Waals surface area (Å²) >= 11 is 0. The highest BCUT2D eigenvalue weighted by Gasteiger charge is 2.13. The largest absolute Gasteiger partial charge is 0.383 e. The van der Waals surface area contributed by atoms with Crippen LogP contribution in [0.5, 0.6) is 0 Å². The maximum Gasteiger partial charge on any atom is 0.346 e. The van der Waals surface area contributed by atoms with Gasteiger partial charge in [-0.25, -0.2) is 9.18 Å². The number of halogens is 1. The van der Waals surface area contributed by atoms with E-state index in [0.29, 0.717) is 13.2 Å². The van der Waals surface area contributed by atoms with Crippen LogP contribution in [0.15, 0.2) is 29.1 Å². The Kier molecular flexibility index (Phi) is 5.00. The van der Waals surface area contributed by atoms with Crippen molar-refractivity contribution in [2.75, 3.05) is 20.3 Å². The van der Waals surface area contributed by atoms with Gasteiger partial charge in [-0.2, -0.15) is 4.98 Å². The van der Waals surface area contributed by atoms with Crippen LogP contribution in [0.4, 0.5) is 4.39 Å². The van der Waals surface area contributed by atoms with Crippen molar-refractivity contribution in [2.45, 2.75) is 6.92 Å². The van der Waals surface area contributed by atoms with Gasteiger partial charge in [0.15, 0.2) is 0 Å². The minimum atomic E-state index is -0.713. The average Bonchev–Trinajstić information content (AvgIpc) is 2.49. The van der Waals surface area contributed by atoms with Crippen molar-refractivity contribution >= 4 is 5.91 Å². The van der Waals surface area contributed by atoms with E-state index in [0.717, 1.165) is 5.56 Å². The molecule has 1 heterocycles. The molecule has 0 aliphatic heterocycles. The molecule has 0 bridgehead atoms. The van der Waals surface area contributed by atoms with Crippen molar-refractivity contribution in [3.8, 4) is 11.3 Å². The fourth-order valence-electron chi connectivity index (χ4n) is 1.92. The van der Waals surface area contributed by atoms with Gasteiger partial charge in [-0.3, -0.25) is 4.79 Å². The Morgan fingerprint density at radius 3 is 2.91 bits per heavy atom. The minimum Gasteiger partial charge on any atom is -0.383 e. The summed E-state index contributed by atoms with van der Waals surface area (Å²) in [6.07, 6.45) is 0. The van der Waals surface area contributed by atoms with E-state index in [9.17, 15) is 14.0 Å². The van der Waals surface area contributed by atoms with Gasteiger partial charge in [-0.05, 0) is 25.1 Å². The Morgan fingerprint density at radius 1 is 1.41 bits per heavy atom. The average molecular weight is 305 g/mol. The van der Waals surface area contributed by atoms with Crippen molar-refractivity contribution in [1.29, 1.82) is 0 Å². The monoisotopic (exact) mass is 305 g/mol. The molecule has 0 radical (unpaired) electrons. The first-order valence-corrected chi connectivity index (χ1v) is 6.66. The van der Waals surface area contributed by atoms with Crippen LogP contribution in [0.3, 0.4) is 0 Å². The summed E-state index contributed by atoms with van der Waals surface area (Å²) < 4.78 is 18.7. The molecular formula is C15H16FN3O3. The molecule has 0 saturated heterocycles. The van der Waals surface area contributed by atoms with Gasteiger partial charge in [0.25, 0.3) is 5.91 Å². The molecule has 1 amide bonds. The van der Waals surface area contributed by atoms with Crippen molar-refractivity contribution in [1.82, 2.24) is 15.3 Å². The van der Waals surface area contributed by atoms with E-state index in [4.69, 9.17) is 4.74 Å². The molecule has 1 aromatic heterocycles. The number of amides is 1. The first-order chi connectivity index (χ1) is 10.5. The first-order valence-electron chi connectivity index (χ1n) is 6.66. The molecule has 1 aromatic carbocycles. The summed E-state index contributed by atoms with van der Waals surface area (Å²) in [6, 6.07) is 5.83. The van der Waals surface area contributed by atoms with Crippen LogP contribution in [0.25, 0.3) is 11.3 Å². The SMILES string of the molecule is COCCNC(=O)c1cc(-c2cc(C)ccc2F)nc(=O)[nH]1. The molecular weight excluding hydrogens is 289 g/mol. The second-order valence-electron chi connectivity index (χ2n) is 4.72. The zero-order chi connectivity index (χ0) is 16.1. The number of carbonyl (C=O) groups excluding carboxylic acids is 1. The van der Waals surface area contributed by atoms with Gasteiger partial charge < -0.3 is 15.0 Å². The molecule has 0 unspecified atom stereocenters. The Bertz CT molecular complexity index is 743. The summed E-state index contributed by atoms with van der Waals surface area (Å²) in [5.74, 6) is -0.986. The predicted molar refractivity (Wildman–Crippen MR) is 79.2 cm³/mol. The number of aromatic nitrogens is 2. The summed E-state index contributed by atoms with van der Waals surface area (Å²) in [5.41, 5.74) is 0.422. The fourth-order valence-corrected chi connectivity index (χ4v) is 1.92. The van der Waals surface area contributed by atoms with E-state index in [1.807, 2.05) is 0 Å². The number of nitrogens with one attached hydrogen (secondary N) is 2. The van der Waals surface area contributed by atoms with Gasteiger partial charge in [0, 0.05) is 19.2 Å². The van der Waals surface area contributed by atoms with Crippen molar-refractivity contribution in [2.24, 2.45) is 0 Å². The highest BCUT2D eigenvalue weighted by Crippen LogP contribution is 2.21. The number of H-pyrrole nitrogens is 1. The topological polar surface area (TPSA) is 84.1 Å². The van der Waals surface area contributed by atoms with Crippen LogP contribution >= 0.6 is 0 Å². The van der Waals surface area contributed by atoms with Gasteiger partial charge in [0.2, 0.25) is 0 Å². The lowest BCUT2D eigenvalue weighted by Gasteiger charge is -2.07. The van der Waals surface area contributed by atoms with E-state index in [2.05, 4.69) is 15.3 Å². The number of nitrogens with zero attached hydrogens (tertiary/aromatic N) is 1. The lowest BCUT2D eigenvalue weighted by atomic mass is 10.1. The highest BCUT2D eigenvalue weighted by atomic mass is 19.1. The van der Waals surface area contributed by atoms with Gasteiger partial charge in [-0.1, -0.05) is 11.6 Å². The van der Waals surface area contributed by atoms with E-state index in [1.54, 1.807) is 19.1 Å². The first kappa shape index (κ1) is 15.8. The number of carbonyl (C=O) groups is 1. The minimum absolute atomic E-state index is 0.0204. The van der Waals surface area contributed by atoms with Crippen molar-refractivity contribution < 1.29 is 13.9 Å². The van der Waals surface area contributed by atoms with Crippen molar-refractivity contribution in [3.05, 3.63) is 51.8 Å². The van der Waals surface area contributed by atoms with Crippen LogP contribution in [-0.2, 0) is 4.74 Å². The number of aromatic amines is 1. The zero-order valence-corrected chi connectivity index (χ0v) is 12.3. The molecule has 2 aromatic rings. The lowest BCUT2D eigenvalue weighted by molar-refractivity contribution is 0.0931. The van der Waals surface area contributed by atoms with E-state index < -0.39 is 17.4 Å². The van der Waals surface area contributed by atoms with E-state index in [1.165, 1.54) is 19.2 Å². The number of hydrogen-bond donors (Lipinski definition) is 2. The van der Waals surface area contributed by atoms with Crippen LogP contribution in [0.2, 0.25) is 0 Å². The maximum absolute atomic E-state index is 13.9. The van der Waals surface area contributed by atoms with Crippen LogP contribution in [0.1, 0.15) is 16.1 Å². The van der Waals surface area contributed by atoms with Gasteiger partial charge in [0.1, 0.15) is 11.5 Å².